The number of aryl methyl sites for hydroxylation is 2. The first-order valence-electron chi connectivity index (χ1n) is 6.26. The quantitative estimate of drug-likeness (QED) is 0.855. The van der Waals surface area contributed by atoms with Crippen LogP contribution in [0.5, 0.6) is 0 Å². The molecule has 0 fully saturated rings. The van der Waals surface area contributed by atoms with Gasteiger partial charge in [-0.3, -0.25) is 0 Å². The number of pyridine rings is 1. The highest BCUT2D eigenvalue weighted by Crippen LogP contribution is 2.27. The van der Waals surface area contributed by atoms with Crippen molar-refractivity contribution < 1.29 is 0 Å². The van der Waals surface area contributed by atoms with Gasteiger partial charge < -0.3 is 5.73 Å². The largest absolute Gasteiger partial charge is 0.384 e. The lowest BCUT2D eigenvalue weighted by molar-refractivity contribution is 0.911. The van der Waals surface area contributed by atoms with Crippen molar-refractivity contribution in [3.05, 3.63) is 53.2 Å². The van der Waals surface area contributed by atoms with Gasteiger partial charge in [0.2, 0.25) is 0 Å². The minimum Gasteiger partial charge on any atom is -0.384 e. The molecular formula is C15H16N2S. The molecule has 1 aliphatic rings. The van der Waals surface area contributed by atoms with Crippen LogP contribution >= 0.6 is 11.8 Å². The van der Waals surface area contributed by atoms with Crippen molar-refractivity contribution in [2.24, 2.45) is 0 Å². The highest BCUT2D eigenvalue weighted by atomic mass is 32.2. The average molecular weight is 256 g/mol. The molecular weight excluding hydrogens is 240 g/mol. The van der Waals surface area contributed by atoms with E-state index in [1.165, 1.54) is 35.3 Å². The summed E-state index contributed by atoms with van der Waals surface area (Å²) in [5.41, 5.74) is 10.1. The van der Waals surface area contributed by atoms with Gasteiger partial charge in [-0.25, -0.2) is 4.98 Å². The SMILES string of the molecule is Nc1ccc(SCc2ccc3c(c2)CCC3)cn1. The number of nitrogens with two attached hydrogens (primary N) is 1. The molecule has 1 heterocycles. The molecule has 1 aromatic heterocycles. The summed E-state index contributed by atoms with van der Waals surface area (Å²) in [4.78, 5) is 5.28. The van der Waals surface area contributed by atoms with E-state index in [2.05, 4.69) is 23.2 Å². The summed E-state index contributed by atoms with van der Waals surface area (Å²) in [5.74, 6) is 1.58. The van der Waals surface area contributed by atoms with Gasteiger partial charge in [-0.05, 0) is 48.1 Å². The summed E-state index contributed by atoms with van der Waals surface area (Å²) in [7, 11) is 0. The molecule has 1 aliphatic carbocycles. The van der Waals surface area contributed by atoms with Gasteiger partial charge in [0, 0.05) is 16.8 Å². The second kappa shape index (κ2) is 5.02. The van der Waals surface area contributed by atoms with Gasteiger partial charge in [0.05, 0.1) is 0 Å². The Labute approximate surface area is 112 Å². The predicted molar refractivity (Wildman–Crippen MR) is 76.7 cm³/mol. The maximum atomic E-state index is 5.58. The van der Waals surface area contributed by atoms with E-state index >= 15 is 0 Å². The highest BCUT2D eigenvalue weighted by molar-refractivity contribution is 7.98. The Hall–Kier alpha value is -1.48. The summed E-state index contributed by atoms with van der Waals surface area (Å²) in [6, 6.07) is 10.8. The van der Waals surface area contributed by atoms with Gasteiger partial charge in [-0.15, -0.1) is 11.8 Å². The Morgan fingerprint density at radius 2 is 2.00 bits per heavy atom. The first-order valence-corrected chi connectivity index (χ1v) is 7.25. The molecule has 3 rings (SSSR count). The van der Waals surface area contributed by atoms with Crippen molar-refractivity contribution >= 4 is 17.6 Å². The van der Waals surface area contributed by atoms with Crippen LogP contribution in [0.2, 0.25) is 0 Å². The number of nitrogens with zero attached hydrogens (tertiary/aromatic N) is 1. The van der Waals surface area contributed by atoms with Crippen LogP contribution < -0.4 is 5.73 Å². The van der Waals surface area contributed by atoms with Crippen molar-refractivity contribution in [2.75, 3.05) is 5.73 Å². The van der Waals surface area contributed by atoms with Crippen molar-refractivity contribution in [2.45, 2.75) is 29.9 Å². The summed E-state index contributed by atoms with van der Waals surface area (Å²) in [6.45, 7) is 0. The Kier molecular flexibility index (Phi) is 3.24. The minimum absolute atomic E-state index is 0.580. The van der Waals surface area contributed by atoms with Crippen molar-refractivity contribution in [3.63, 3.8) is 0 Å². The standard InChI is InChI=1S/C15H16N2S/c16-15-7-6-14(9-17-15)18-10-11-4-5-12-2-1-3-13(12)8-11/h4-9H,1-3,10H2,(H2,16,17). The number of thioether (sulfide) groups is 1. The molecule has 18 heavy (non-hydrogen) atoms. The second-order valence-electron chi connectivity index (χ2n) is 4.66. The van der Waals surface area contributed by atoms with Crippen LogP contribution in [0.25, 0.3) is 0 Å². The average Bonchev–Trinajstić information content (AvgIpc) is 2.85. The smallest absolute Gasteiger partial charge is 0.123 e. The highest BCUT2D eigenvalue weighted by Gasteiger charge is 2.10. The van der Waals surface area contributed by atoms with E-state index in [1.807, 2.05) is 30.1 Å². The molecule has 1 aromatic carbocycles. The molecule has 2 aromatic rings. The molecule has 0 aliphatic heterocycles. The number of hydrogen-bond acceptors (Lipinski definition) is 3. The topological polar surface area (TPSA) is 38.9 Å². The molecule has 0 saturated heterocycles. The molecule has 2 nitrogen and oxygen atoms in total. The number of hydrogen-bond donors (Lipinski definition) is 1. The second-order valence-corrected chi connectivity index (χ2v) is 5.71. The Morgan fingerprint density at radius 1 is 1.11 bits per heavy atom. The number of fused-ring (bicyclic) bond motifs is 1. The molecule has 0 radical (unpaired) electrons. The first-order chi connectivity index (χ1) is 8.81. The molecule has 0 unspecified atom stereocenters. The maximum Gasteiger partial charge on any atom is 0.123 e. The molecule has 0 saturated carbocycles. The summed E-state index contributed by atoms with van der Waals surface area (Å²) in [6.07, 6.45) is 5.66. The third-order valence-corrected chi connectivity index (χ3v) is 4.38. The molecule has 92 valence electrons. The molecule has 0 atom stereocenters. The van der Waals surface area contributed by atoms with Gasteiger partial charge in [-0.1, -0.05) is 18.2 Å². The number of anilines is 1. The zero-order valence-electron chi connectivity index (χ0n) is 10.2. The van der Waals surface area contributed by atoms with Crippen molar-refractivity contribution in [1.29, 1.82) is 0 Å². The van der Waals surface area contributed by atoms with E-state index in [0.717, 1.165) is 5.75 Å². The van der Waals surface area contributed by atoms with E-state index in [9.17, 15) is 0 Å². The lowest BCUT2D eigenvalue weighted by Gasteiger charge is -2.05. The monoisotopic (exact) mass is 256 g/mol. The lowest BCUT2D eigenvalue weighted by atomic mass is 10.1. The molecule has 0 spiro atoms. The fraction of sp³-hybridized carbons (Fsp3) is 0.267. The summed E-state index contributed by atoms with van der Waals surface area (Å²) >= 11 is 1.81. The molecule has 2 N–H and O–H groups in total. The van der Waals surface area contributed by atoms with Gasteiger partial charge in [-0.2, -0.15) is 0 Å². The van der Waals surface area contributed by atoms with E-state index in [-0.39, 0.29) is 0 Å². The predicted octanol–water partition coefficient (Wildman–Crippen LogP) is 3.44. The third kappa shape index (κ3) is 2.51. The molecule has 0 bridgehead atoms. The van der Waals surface area contributed by atoms with Crippen LogP contribution in [0.4, 0.5) is 5.82 Å². The van der Waals surface area contributed by atoms with Crippen LogP contribution in [-0.2, 0) is 18.6 Å². The van der Waals surface area contributed by atoms with Crippen molar-refractivity contribution in [1.82, 2.24) is 4.98 Å². The number of nitrogen functional groups attached to an aromatic ring is 1. The van der Waals surface area contributed by atoms with Crippen LogP contribution in [0.1, 0.15) is 23.1 Å². The number of rotatable bonds is 3. The fourth-order valence-electron chi connectivity index (χ4n) is 2.36. The van der Waals surface area contributed by atoms with E-state index < -0.39 is 0 Å². The Bertz CT molecular complexity index is 549. The zero-order chi connectivity index (χ0) is 12.4. The van der Waals surface area contributed by atoms with Gasteiger partial charge in [0.15, 0.2) is 0 Å². The molecule has 3 heteroatoms. The van der Waals surface area contributed by atoms with Gasteiger partial charge in [0.1, 0.15) is 5.82 Å². The van der Waals surface area contributed by atoms with Gasteiger partial charge >= 0.3 is 0 Å². The van der Waals surface area contributed by atoms with Gasteiger partial charge in [0.25, 0.3) is 0 Å². The van der Waals surface area contributed by atoms with Crippen LogP contribution in [-0.4, -0.2) is 4.98 Å². The minimum atomic E-state index is 0.580. The number of aromatic nitrogens is 1. The Morgan fingerprint density at radius 3 is 2.83 bits per heavy atom. The van der Waals surface area contributed by atoms with E-state index in [1.54, 1.807) is 5.56 Å². The fourth-order valence-corrected chi connectivity index (χ4v) is 3.16. The maximum absolute atomic E-state index is 5.58. The third-order valence-electron chi connectivity index (χ3n) is 3.33. The van der Waals surface area contributed by atoms with Crippen LogP contribution in [0, 0.1) is 0 Å². The van der Waals surface area contributed by atoms with Crippen molar-refractivity contribution in [3.8, 4) is 0 Å². The lowest BCUT2D eigenvalue weighted by Crippen LogP contribution is -1.89. The Balaban J connectivity index is 1.68. The normalized spacial score (nSPS) is 13.6. The first kappa shape index (κ1) is 11.6. The van der Waals surface area contributed by atoms with E-state index in [4.69, 9.17) is 5.73 Å². The summed E-state index contributed by atoms with van der Waals surface area (Å²) < 4.78 is 0. The van der Waals surface area contributed by atoms with Crippen LogP contribution in [0.15, 0.2) is 41.4 Å². The zero-order valence-corrected chi connectivity index (χ0v) is 11.0. The number of benzene rings is 1. The molecule has 0 amide bonds. The summed E-state index contributed by atoms with van der Waals surface area (Å²) in [5, 5.41) is 0. The van der Waals surface area contributed by atoms with Crippen LogP contribution in [0.3, 0.4) is 0 Å². The van der Waals surface area contributed by atoms with E-state index in [0.29, 0.717) is 5.82 Å².